The van der Waals surface area contributed by atoms with Crippen LogP contribution in [0.4, 0.5) is 0 Å². The Kier molecular flexibility index (Phi) is 5.63. The molecule has 1 rings (SSSR count). The lowest BCUT2D eigenvalue weighted by molar-refractivity contribution is -0.128. The number of carbonyl (C=O) groups is 1. The van der Waals surface area contributed by atoms with Gasteiger partial charge in [-0.1, -0.05) is 38.8 Å². The van der Waals surface area contributed by atoms with Crippen LogP contribution in [0.5, 0.6) is 0 Å². The van der Waals surface area contributed by atoms with E-state index >= 15 is 0 Å². The van der Waals surface area contributed by atoms with E-state index in [4.69, 9.17) is 10.9 Å². The van der Waals surface area contributed by atoms with E-state index in [9.17, 15) is 4.79 Å². The van der Waals surface area contributed by atoms with Gasteiger partial charge in [-0.3, -0.25) is 4.79 Å². The Morgan fingerprint density at radius 2 is 2.05 bits per heavy atom. The Hall–Kier alpha value is -1.26. The van der Waals surface area contributed by atoms with Crippen LogP contribution in [-0.4, -0.2) is 23.5 Å². The summed E-state index contributed by atoms with van der Waals surface area (Å²) in [6, 6.07) is 0. The highest BCUT2D eigenvalue weighted by Gasteiger charge is 2.40. The molecule has 2 unspecified atom stereocenters. The van der Waals surface area contributed by atoms with Crippen LogP contribution in [0.25, 0.3) is 0 Å². The molecule has 110 valence electrons. The predicted molar refractivity (Wildman–Crippen MR) is 75.9 cm³/mol. The first kappa shape index (κ1) is 15.8. The molecule has 1 amide bonds. The molecule has 0 heterocycles. The number of oxime groups is 1. The minimum atomic E-state index is -0.878. The summed E-state index contributed by atoms with van der Waals surface area (Å²) in [7, 11) is 0. The molecule has 1 fully saturated rings. The van der Waals surface area contributed by atoms with Crippen molar-refractivity contribution in [1.82, 2.24) is 5.32 Å². The maximum absolute atomic E-state index is 12.4. The van der Waals surface area contributed by atoms with Crippen molar-refractivity contribution in [1.29, 1.82) is 0 Å². The summed E-state index contributed by atoms with van der Waals surface area (Å²) in [6.45, 7) is 6.71. The van der Waals surface area contributed by atoms with Gasteiger partial charge in [0, 0.05) is 6.54 Å². The van der Waals surface area contributed by atoms with Crippen molar-refractivity contribution >= 4 is 11.7 Å². The molecule has 0 spiro atoms. The van der Waals surface area contributed by atoms with E-state index in [0.717, 1.165) is 0 Å². The zero-order valence-corrected chi connectivity index (χ0v) is 12.3. The van der Waals surface area contributed by atoms with E-state index in [-0.39, 0.29) is 11.7 Å². The summed E-state index contributed by atoms with van der Waals surface area (Å²) in [4.78, 5) is 12.4. The van der Waals surface area contributed by atoms with E-state index in [1.54, 1.807) is 0 Å². The van der Waals surface area contributed by atoms with Crippen LogP contribution in [0.3, 0.4) is 0 Å². The van der Waals surface area contributed by atoms with Gasteiger partial charge in [0.1, 0.15) is 5.41 Å². The van der Waals surface area contributed by atoms with Crippen molar-refractivity contribution in [2.75, 3.05) is 6.54 Å². The summed E-state index contributed by atoms with van der Waals surface area (Å²) >= 11 is 0. The Bertz CT molecular complexity index is 338. The molecule has 0 bridgehead atoms. The highest BCUT2D eigenvalue weighted by molar-refractivity contribution is 6.06. The number of hydrogen-bond donors (Lipinski definition) is 3. The van der Waals surface area contributed by atoms with Crippen LogP contribution < -0.4 is 11.1 Å². The Labute approximate surface area is 115 Å². The first-order valence-electron chi connectivity index (χ1n) is 7.28. The molecule has 5 heteroatoms. The average Bonchev–Trinajstić information content (AvgIpc) is 2.83. The number of amides is 1. The Morgan fingerprint density at radius 1 is 1.42 bits per heavy atom. The van der Waals surface area contributed by atoms with E-state index in [0.29, 0.717) is 31.2 Å². The molecular weight excluding hydrogens is 242 g/mol. The minimum absolute atomic E-state index is 0.00877. The second-order valence-corrected chi connectivity index (χ2v) is 5.65. The molecule has 0 aromatic carbocycles. The largest absolute Gasteiger partial charge is 0.409 e. The van der Waals surface area contributed by atoms with Gasteiger partial charge in [0.15, 0.2) is 5.84 Å². The van der Waals surface area contributed by atoms with Crippen molar-refractivity contribution in [3.63, 3.8) is 0 Å². The smallest absolute Gasteiger partial charge is 0.233 e. The third-order valence-electron chi connectivity index (χ3n) is 4.80. The van der Waals surface area contributed by atoms with Gasteiger partial charge >= 0.3 is 0 Å². The van der Waals surface area contributed by atoms with Crippen LogP contribution >= 0.6 is 0 Å². The molecule has 5 nitrogen and oxygen atoms in total. The molecule has 0 aromatic rings. The lowest BCUT2D eigenvalue weighted by Gasteiger charge is -2.29. The summed E-state index contributed by atoms with van der Waals surface area (Å²) < 4.78 is 0. The second-order valence-electron chi connectivity index (χ2n) is 5.65. The highest BCUT2D eigenvalue weighted by atomic mass is 16.4. The molecule has 0 aliphatic heterocycles. The molecule has 4 N–H and O–H groups in total. The van der Waals surface area contributed by atoms with Gasteiger partial charge in [0.05, 0.1) is 0 Å². The maximum Gasteiger partial charge on any atom is 0.233 e. The molecule has 0 aromatic heterocycles. The molecule has 0 saturated heterocycles. The quantitative estimate of drug-likeness (QED) is 0.298. The number of amidine groups is 1. The van der Waals surface area contributed by atoms with Gasteiger partial charge in [-0.15, -0.1) is 0 Å². The molecule has 0 radical (unpaired) electrons. The molecule has 19 heavy (non-hydrogen) atoms. The Balaban J connectivity index is 2.67. The molecule has 1 aliphatic rings. The van der Waals surface area contributed by atoms with E-state index in [2.05, 4.69) is 17.4 Å². The first-order chi connectivity index (χ1) is 9.01. The standard InChI is InChI=1S/C14H27N3O2/c1-4-14(5-2,12(15)17-19)13(18)16-9-11-8-6-7-10(11)3/h10-11,19H,4-9H2,1-3H3,(H2,15,17)(H,16,18). The highest BCUT2D eigenvalue weighted by Crippen LogP contribution is 2.31. The van der Waals surface area contributed by atoms with Gasteiger partial charge in [0.2, 0.25) is 5.91 Å². The fourth-order valence-corrected chi connectivity index (χ4v) is 3.06. The normalized spacial score (nSPS) is 24.5. The number of carbonyl (C=O) groups excluding carboxylic acids is 1. The molecule has 1 saturated carbocycles. The van der Waals surface area contributed by atoms with E-state index in [1.165, 1.54) is 19.3 Å². The van der Waals surface area contributed by atoms with Crippen molar-refractivity contribution in [3.8, 4) is 0 Å². The number of nitrogens with two attached hydrogens (primary N) is 1. The Morgan fingerprint density at radius 3 is 2.47 bits per heavy atom. The van der Waals surface area contributed by atoms with Crippen LogP contribution in [-0.2, 0) is 4.79 Å². The maximum atomic E-state index is 12.4. The van der Waals surface area contributed by atoms with Crippen LogP contribution in [0.1, 0.15) is 52.9 Å². The van der Waals surface area contributed by atoms with Gasteiger partial charge in [0.25, 0.3) is 0 Å². The van der Waals surface area contributed by atoms with Gasteiger partial charge in [-0.05, 0) is 31.1 Å². The van der Waals surface area contributed by atoms with Crippen molar-refractivity contribution < 1.29 is 10.0 Å². The van der Waals surface area contributed by atoms with E-state index in [1.807, 2.05) is 13.8 Å². The summed E-state index contributed by atoms with van der Waals surface area (Å²) in [6.07, 6.45) is 4.73. The zero-order valence-electron chi connectivity index (χ0n) is 12.3. The number of nitrogens with zero attached hydrogens (tertiary/aromatic N) is 1. The zero-order chi connectivity index (χ0) is 14.5. The number of hydrogen-bond acceptors (Lipinski definition) is 3. The number of rotatable bonds is 6. The fraction of sp³-hybridized carbons (Fsp3) is 0.857. The lowest BCUT2D eigenvalue weighted by atomic mass is 9.80. The fourth-order valence-electron chi connectivity index (χ4n) is 3.06. The topological polar surface area (TPSA) is 87.7 Å². The summed E-state index contributed by atoms with van der Waals surface area (Å²) in [5, 5.41) is 14.9. The predicted octanol–water partition coefficient (Wildman–Crippen LogP) is 2.09. The van der Waals surface area contributed by atoms with Gasteiger partial charge < -0.3 is 16.3 Å². The van der Waals surface area contributed by atoms with E-state index < -0.39 is 5.41 Å². The molecule has 1 aliphatic carbocycles. The molecule has 2 atom stereocenters. The SMILES string of the molecule is CCC(CC)(C(=O)NCC1CCCC1C)C(N)=NO. The average molecular weight is 269 g/mol. The monoisotopic (exact) mass is 269 g/mol. The first-order valence-corrected chi connectivity index (χ1v) is 7.28. The third kappa shape index (κ3) is 3.19. The van der Waals surface area contributed by atoms with Crippen LogP contribution in [0.15, 0.2) is 5.16 Å². The summed E-state index contributed by atoms with van der Waals surface area (Å²) in [5.41, 5.74) is 4.85. The second kappa shape index (κ2) is 6.78. The molecular formula is C14H27N3O2. The minimum Gasteiger partial charge on any atom is -0.409 e. The van der Waals surface area contributed by atoms with Crippen molar-refractivity contribution in [2.24, 2.45) is 28.1 Å². The van der Waals surface area contributed by atoms with Crippen molar-refractivity contribution in [2.45, 2.75) is 52.9 Å². The number of nitrogens with one attached hydrogen (secondary N) is 1. The van der Waals surface area contributed by atoms with Gasteiger partial charge in [-0.2, -0.15) is 0 Å². The van der Waals surface area contributed by atoms with Crippen molar-refractivity contribution in [3.05, 3.63) is 0 Å². The third-order valence-corrected chi connectivity index (χ3v) is 4.80. The lowest BCUT2D eigenvalue weighted by Crippen LogP contribution is -2.50. The van der Waals surface area contributed by atoms with Gasteiger partial charge in [-0.25, -0.2) is 0 Å². The van der Waals surface area contributed by atoms with Crippen LogP contribution in [0, 0.1) is 17.3 Å². The van der Waals surface area contributed by atoms with Crippen LogP contribution in [0.2, 0.25) is 0 Å². The summed E-state index contributed by atoms with van der Waals surface area (Å²) in [5.74, 6) is 1.12.